The Bertz CT molecular complexity index is 861. The Morgan fingerprint density at radius 1 is 1.28 bits per heavy atom. The second-order valence-electron chi connectivity index (χ2n) is 6.33. The topological polar surface area (TPSA) is 94.3 Å². The van der Waals surface area contributed by atoms with Crippen LogP contribution in [0.15, 0.2) is 35.3 Å². The molecule has 0 aliphatic carbocycles. The summed E-state index contributed by atoms with van der Waals surface area (Å²) >= 11 is 0. The molecule has 3 rings (SSSR count). The summed E-state index contributed by atoms with van der Waals surface area (Å²) in [5.41, 5.74) is 0.334. The fourth-order valence-corrected chi connectivity index (χ4v) is 3.10. The third-order valence-electron chi connectivity index (χ3n) is 4.79. The number of rotatable bonds is 3. The Balaban J connectivity index is 1.70. The van der Waals surface area contributed by atoms with E-state index in [9.17, 15) is 14.4 Å². The quantitative estimate of drug-likeness (QED) is 0.756. The number of carbonyl (C=O) groups is 2. The lowest BCUT2D eigenvalue weighted by Gasteiger charge is -2.38. The van der Waals surface area contributed by atoms with Crippen molar-refractivity contribution in [3.8, 4) is 0 Å². The van der Waals surface area contributed by atoms with E-state index < -0.39 is 5.91 Å². The van der Waals surface area contributed by atoms with E-state index in [4.69, 9.17) is 0 Å². The number of H-pyrrole nitrogens is 1. The Kier molecular flexibility index (Phi) is 4.85. The van der Waals surface area contributed by atoms with E-state index in [0.717, 1.165) is 6.54 Å². The molecule has 7 heteroatoms. The summed E-state index contributed by atoms with van der Waals surface area (Å²) in [5, 5.41) is 6.32. The van der Waals surface area contributed by atoms with E-state index in [2.05, 4.69) is 15.6 Å². The number of nitrogens with zero attached hydrogens (tertiary/aromatic N) is 1. The van der Waals surface area contributed by atoms with E-state index in [0.29, 0.717) is 17.4 Å². The van der Waals surface area contributed by atoms with Crippen molar-refractivity contribution >= 4 is 22.7 Å². The zero-order chi connectivity index (χ0) is 18.0. The van der Waals surface area contributed by atoms with Gasteiger partial charge in [-0.1, -0.05) is 12.1 Å². The maximum absolute atomic E-state index is 12.4. The summed E-state index contributed by atoms with van der Waals surface area (Å²) in [6.07, 6.45) is 1.39. The molecule has 1 aliphatic rings. The Labute approximate surface area is 145 Å². The molecule has 2 aromatic rings. The fraction of sp³-hybridized carbons (Fsp3) is 0.389. The lowest BCUT2D eigenvalue weighted by Crippen LogP contribution is -2.58. The predicted octanol–water partition coefficient (Wildman–Crippen LogP) is 0.467. The molecule has 2 unspecified atom stereocenters. The van der Waals surface area contributed by atoms with Crippen molar-refractivity contribution in [3.63, 3.8) is 0 Å². The number of aromatic nitrogens is 1. The van der Waals surface area contributed by atoms with Crippen LogP contribution in [-0.4, -0.2) is 53.4 Å². The molecular weight excluding hydrogens is 320 g/mol. The molecule has 2 heterocycles. The van der Waals surface area contributed by atoms with E-state index in [-0.39, 0.29) is 35.5 Å². The van der Waals surface area contributed by atoms with Crippen LogP contribution in [0.4, 0.5) is 0 Å². The zero-order valence-electron chi connectivity index (χ0n) is 14.3. The molecule has 1 fully saturated rings. The minimum absolute atomic E-state index is 0.00762. The molecule has 0 saturated carbocycles. The van der Waals surface area contributed by atoms with Crippen molar-refractivity contribution in [2.24, 2.45) is 0 Å². The zero-order valence-corrected chi connectivity index (χ0v) is 14.3. The summed E-state index contributed by atoms with van der Waals surface area (Å²) in [5.74, 6) is -0.692. The van der Waals surface area contributed by atoms with Crippen molar-refractivity contribution in [3.05, 3.63) is 46.2 Å². The Hall–Kier alpha value is -2.67. The largest absolute Gasteiger partial charge is 0.360 e. The van der Waals surface area contributed by atoms with Gasteiger partial charge < -0.3 is 20.5 Å². The fourth-order valence-electron chi connectivity index (χ4n) is 3.10. The standard InChI is InChI=1S/C18H22N4O3/c1-11-12(2)22(8-7-19-11)16(23)10-21-18(25)14-9-20-15-6-4-3-5-13(15)17(14)24/h3-6,9,11-12,19H,7-8,10H2,1-2H3,(H,20,24)(H,21,25). The average Bonchev–Trinajstić information content (AvgIpc) is 2.62. The second kappa shape index (κ2) is 7.06. The molecular formula is C18H22N4O3. The molecule has 0 radical (unpaired) electrons. The first-order valence-corrected chi connectivity index (χ1v) is 8.40. The van der Waals surface area contributed by atoms with Gasteiger partial charge in [-0.2, -0.15) is 0 Å². The first kappa shape index (κ1) is 17.2. The number of benzene rings is 1. The Morgan fingerprint density at radius 2 is 2.04 bits per heavy atom. The van der Waals surface area contributed by atoms with Gasteiger partial charge in [0.15, 0.2) is 0 Å². The third-order valence-corrected chi connectivity index (χ3v) is 4.79. The van der Waals surface area contributed by atoms with Gasteiger partial charge in [-0.05, 0) is 26.0 Å². The molecule has 1 saturated heterocycles. The number of nitrogens with one attached hydrogen (secondary N) is 3. The van der Waals surface area contributed by atoms with Crippen molar-refractivity contribution in [2.45, 2.75) is 25.9 Å². The minimum Gasteiger partial charge on any atom is -0.360 e. The van der Waals surface area contributed by atoms with Gasteiger partial charge in [0.1, 0.15) is 5.56 Å². The van der Waals surface area contributed by atoms with Crippen LogP contribution in [0.1, 0.15) is 24.2 Å². The Morgan fingerprint density at radius 3 is 2.84 bits per heavy atom. The van der Waals surface area contributed by atoms with Crippen LogP contribution in [0.25, 0.3) is 10.9 Å². The number of piperazine rings is 1. The molecule has 25 heavy (non-hydrogen) atoms. The number of para-hydroxylation sites is 1. The highest BCUT2D eigenvalue weighted by Crippen LogP contribution is 2.09. The highest BCUT2D eigenvalue weighted by atomic mass is 16.2. The highest BCUT2D eigenvalue weighted by molar-refractivity contribution is 5.98. The maximum Gasteiger partial charge on any atom is 0.257 e. The third kappa shape index (κ3) is 3.41. The summed E-state index contributed by atoms with van der Waals surface area (Å²) in [6, 6.07) is 7.26. The molecule has 2 atom stereocenters. The molecule has 1 aliphatic heterocycles. The molecule has 0 bridgehead atoms. The van der Waals surface area contributed by atoms with E-state index in [1.165, 1.54) is 6.20 Å². The molecule has 7 nitrogen and oxygen atoms in total. The molecule has 132 valence electrons. The van der Waals surface area contributed by atoms with Crippen LogP contribution < -0.4 is 16.1 Å². The minimum atomic E-state index is -0.545. The van der Waals surface area contributed by atoms with E-state index in [1.54, 1.807) is 23.1 Å². The number of fused-ring (bicyclic) bond motifs is 1. The van der Waals surface area contributed by atoms with Gasteiger partial charge in [0.05, 0.1) is 6.54 Å². The van der Waals surface area contributed by atoms with Crippen molar-refractivity contribution in [1.29, 1.82) is 0 Å². The maximum atomic E-state index is 12.4. The van der Waals surface area contributed by atoms with Crippen LogP contribution in [0, 0.1) is 0 Å². The van der Waals surface area contributed by atoms with Crippen molar-refractivity contribution < 1.29 is 9.59 Å². The van der Waals surface area contributed by atoms with Gasteiger partial charge >= 0.3 is 0 Å². The first-order chi connectivity index (χ1) is 12.0. The van der Waals surface area contributed by atoms with Gasteiger partial charge in [0.25, 0.3) is 5.91 Å². The van der Waals surface area contributed by atoms with Crippen LogP contribution in [-0.2, 0) is 4.79 Å². The van der Waals surface area contributed by atoms with Gasteiger partial charge in [-0.3, -0.25) is 14.4 Å². The lowest BCUT2D eigenvalue weighted by molar-refractivity contribution is -0.133. The molecule has 1 aromatic carbocycles. The normalized spacial score (nSPS) is 20.5. The number of hydrogen-bond acceptors (Lipinski definition) is 4. The highest BCUT2D eigenvalue weighted by Gasteiger charge is 2.28. The summed E-state index contributed by atoms with van der Waals surface area (Å²) in [7, 11) is 0. The van der Waals surface area contributed by atoms with Crippen LogP contribution in [0.3, 0.4) is 0 Å². The average molecular weight is 342 g/mol. The van der Waals surface area contributed by atoms with Gasteiger partial charge in [0, 0.05) is 42.3 Å². The predicted molar refractivity (Wildman–Crippen MR) is 95.5 cm³/mol. The summed E-state index contributed by atoms with van der Waals surface area (Å²) in [6.45, 7) is 5.22. The van der Waals surface area contributed by atoms with Crippen molar-refractivity contribution in [2.75, 3.05) is 19.6 Å². The number of amides is 2. The summed E-state index contributed by atoms with van der Waals surface area (Å²) in [4.78, 5) is 41.8. The molecule has 3 N–H and O–H groups in total. The molecule has 2 amide bonds. The lowest BCUT2D eigenvalue weighted by atomic mass is 10.1. The number of carbonyl (C=O) groups excluding carboxylic acids is 2. The number of hydrogen-bond donors (Lipinski definition) is 3. The monoisotopic (exact) mass is 342 g/mol. The smallest absolute Gasteiger partial charge is 0.257 e. The number of aromatic amines is 1. The van der Waals surface area contributed by atoms with Crippen LogP contribution >= 0.6 is 0 Å². The van der Waals surface area contributed by atoms with Gasteiger partial charge in [0.2, 0.25) is 11.3 Å². The molecule has 0 spiro atoms. The van der Waals surface area contributed by atoms with E-state index in [1.807, 2.05) is 19.9 Å². The van der Waals surface area contributed by atoms with Gasteiger partial charge in [-0.15, -0.1) is 0 Å². The van der Waals surface area contributed by atoms with Crippen molar-refractivity contribution in [1.82, 2.24) is 20.5 Å². The van der Waals surface area contributed by atoms with Crippen LogP contribution in [0.2, 0.25) is 0 Å². The number of pyridine rings is 1. The molecule has 1 aromatic heterocycles. The van der Waals surface area contributed by atoms with E-state index >= 15 is 0 Å². The van der Waals surface area contributed by atoms with Gasteiger partial charge in [-0.25, -0.2) is 0 Å². The first-order valence-electron chi connectivity index (χ1n) is 8.40. The second-order valence-corrected chi connectivity index (χ2v) is 6.33. The van der Waals surface area contributed by atoms with Crippen LogP contribution in [0.5, 0.6) is 0 Å². The SMILES string of the molecule is CC1NCCN(C(=O)CNC(=O)c2c[nH]c3ccccc3c2=O)C1C. The summed E-state index contributed by atoms with van der Waals surface area (Å²) < 4.78 is 0.